The largest absolute Gasteiger partial charge is 0.497 e. The molecule has 3 rings (SSSR count). The lowest BCUT2D eigenvalue weighted by molar-refractivity contribution is -0.127. The number of nitrogens with one attached hydrogen (secondary N) is 1. The Morgan fingerprint density at radius 3 is 2.17 bits per heavy atom. The number of furan rings is 1. The Labute approximate surface area is 174 Å². The highest BCUT2D eigenvalue weighted by atomic mass is 16.5. The highest BCUT2D eigenvalue weighted by molar-refractivity contribution is 6.42. The predicted octanol–water partition coefficient (Wildman–Crippen LogP) is 3.06. The first-order valence-electron chi connectivity index (χ1n) is 9.33. The standard InChI is InChI=1S/C23H22N2O5/c1-24-22(27)18-7-5-16(6-8-18)14-25(15-20-4-3-13-30-20)23(28)21(26)17-9-11-19(29-2)12-10-17/h3-13H,14-15H2,1-2H3,(H,24,27). The summed E-state index contributed by atoms with van der Waals surface area (Å²) in [5, 5.41) is 2.56. The second-order valence-corrected chi connectivity index (χ2v) is 6.57. The number of nitrogens with zero attached hydrogens (tertiary/aromatic N) is 1. The lowest BCUT2D eigenvalue weighted by Crippen LogP contribution is -2.35. The summed E-state index contributed by atoms with van der Waals surface area (Å²) in [5.41, 5.74) is 1.57. The van der Waals surface area contributed by atoms with Crippen molar-refractivity contribution in [1.82, 2.24) is 10.2 Å². The van der Waals surface area contributed by atoms with E-state index in [1.807, 2.05) is 0 Å². The van der Waals surface area contributed by atoms with Crippen LogP contribution in [0.3, 0.4) is 0 Å². The summed E-state index contributed by atoms with van der Waals surface area (Å²) >= 11 is 0. The number of benzene rings is 2. The Morgan fingerprint density at radius 1 is 0.933 bits per heavy atom. The van der Waals surface area contributed by atoms with E-state index >= 15 is 0 Å². The average Bonchev–Trinajstić information content (AvgIpc) is 3.31. The first-order valence-corrected chi connectivity index (χ1v) is 9.33. The van der Waals surface area contributed by atoms with Gasteiger partial charge in [-0.2, -0.15) is 0 Å². The first-order chi connectivity index (χ1) is 14.5. The third-order valence-corrected chi connectivity index (χ3v) is 4.58. The van der Waals surface area contributed by atoms with Crippen LogP contribution in [0.15, 0.2) is 71.3 Å². The van der Waals surface area contributed by atoms with Gasteiger partial charge in [0.2, 0.25) is 5.78 Å². The Morgan fingerprint density at radius 2 is 1.60 bits per heavy atom. The topological polar surface area (TPSA) is 88.9 Å². The van der Waals surface area contributed by atoms with Crippen molar-refractivity contribution in [1.29, 1.82) is 0 Å². The van der Waals surface area contributed by atoms with E-state index < -0.39 is 11.7 Å². The number of hydrogen-bond donors (Lipinski definition) is 1. The van der Waals surface area contributed by atoms with Crippen LogP contribution in [0, 0.1) is 0 Å². The SMILES string of the molecule is CNC(=O)c1ccc(CN(Cc2ccco2)C(=O)C(=O)c2ccc(OC)cc2)cc1. The summed E-state index contributed by atoms with van der Waals surface area (Å²) in [5.74, 6) is -0.298. The van der Waals surface area contributed by atoms with E-state index in [0.29, 0.717) is 17.1 Å². The smallest absolute Gasteiger partial charge is 0.295 e. The van der Waals surface area contributed by atoms with E-state index in [0.717, 1.165) is 5.56 Å². The zero-order chi connectivity index (χ0) is 21.5. The third kappa shape index (κ3) is 4.94. The fourth-order valence-electron chi connectivity index (χ4n) is 2.93. The number of hydrogen-bond acceptors (Lipinski definition) is 5. The number of carbonyl (C=O) groups excluding carboxylic acids is 3. The minimum atomic E-state index is -0.646. The molecule has 1 N–H and O–H groups in total. The van der Waals surface area contributed by atoms with E-state index in [1.54, 1.807) is 67.7 Å². The number of ether oxygens (including phenoxy) is 1. The van der Waals surface area contributed by atoms with Gasteiger partial charge in [0.15, 0.2) is 0 Å². The van der Waals surface area contributed by atoms with Gasteiger partial charge in [-0.25, -0.2) is 0 Å². The zero-order valence-electron chi connectivity index (χ0n) is 16.8. The molecular weight excluding hydrogens is 384 g/mol. The third-order valence-electron chi connectivity index (χ3n) is 4.58. The Bertz CT molecular complexity index is 1010. The highest BCUT2D eigenvalue weighted by Gasteiger charge is 2.24. The van der Waals surface area contributed by atoms with Gasteiger partial charge >= 0.3 is 0 Å². The molecule has 0 unspecified atom stereocenters. The summed E-state index contributed by atoms with van der Waals surface area (Å²) < 4.78 is 10.5. The van der Waals surface area contributed by atoms with Gasteiger partial charge in [0, 0.05) is 24.7 Å². The van der Waals surface area contributed by atoms with E-state index in [-0.39, 0.29) is 24.6 Å². The van der Waals surface area contributed by atoms with Crippen LogP contribution in [-0.4, -0.2) is 36.7 Å². The van der Waals surface area contributed by atoms with Crippen molar-refractivity contribution >= 4 is 17.6 Å². The van der Waals surface area contributed by atoms with Gasteiger partial charge in [0.1, 0.15) is 11.5 Å². The molecule has 0 aliphatic rings. The fourth-order valence-corrected chi connectivity index (χ4v) is 2.93. The van der Waals surface area contributed by atoms with Crippen LogP contribution in [0.1, 0.15) is 32.0 Å². The molecule has 7 heteroatoms. The van der Waals surface area contributed by atoms with Crippen LogP contribution in [0.5, 0.6) is 5.75 Å². The zero-order valence-corrected chi connectivity index (χ0v) is 16.8. The van der Waals surface area contributed by atoms with Gasteiger partial charge in [-0.1, -0.05) is 12.1 Å². The maximum atomic E-state index is 13.0. The van der Waals surface area contributed by atoms with Crippen LogP contribution in [0.4, 0.5) is 0 Å². The molecule has 154 valence electrons. The van der Waals surface area contributed by atoms with Crippen molar-refractivity contribution < 1.29 is 23.5 Å². The molecule has 0 radical (unpaired) electrons. The number of ketones is 1. The molecule has 2 amide bonds. The number of rotatable bonds is 8. The molecule has 0 atom stereocenters. The quantitative estimate of drug-likeness (QED) is 0.459. The molecule has 0 saturated heterocycles. The molecule has 0 spiro atoms. The van der Waals surface area contributed by atoms with Crippen molar-refractivity contribution in [3.63, 3.8) is 0 Å². The van der Waals surface area contributed by atoms with E-state index in [9.17, 15) is 14.4 Å². The summed E-state index contributed by atoms with van der Waals surface area (Å²) in [6, 6.07) is 16.7. The lowest BCUT2D eigenvalue weighted by atomic mass is 10.1. The van der Waals surface area contributed by atoms with Crippen molar-refractivity contribution in [3.05, 3.63) is 89.4 Å². The van der Waals surface area contributed by atoms with Crippen molar-refractivity contribution in [2.75, 3.05) is 14.2 Å². The normalized spacial score (nSPS) is 10.3. The van der Waals surface area contributed by atoms with Crippen LogP contribution in [0.25, 0.3) is 0 Å². The highest BCUT2D eigenvalue weighted by Crippen LogP contribution is 2.16. The number of methoxy groups -OCH3 is 1. The fraction of sp³-hybridized carbons (Fsp3) is 0.174. The van der Waals surface area contributed by atoms with Crippen molar-refractivity contribution in [3.8, 4) is 5.75 Å². The average molecular weight is 406 g/mol. The molecule has 0 fully saturated rings. The molecule has 2 aromatic carbocycles. The Kier molecular flexibility index (Phi) is 6.64. The molecule has 0 bridgehead atoms. The molecule has 7 nitrogen and oxygen atoms in total. The van der Waals surface area contributed by atoms with E-state index in [1.165, 1.54) is 18.3 Å². The van der Waals surface area contributed by atoms with Gasteiger partial charge < -0.3 is 19.4 Å². The van der Waals surface area contributed by atoms with Gasteiger partial charge in [-0.05, 0) is 54.1 Å². The van der Waals surface area contributed by atoms with Gasteiger partial charge in [-0.15, -0.1) is 0 Å². The summed E-state index contributed by atoms with van der Waals surface area (Å²) in [4.78, 5) is 38.9. The van der Waals surface area contributed by atoms with Gasteiger partial charge in [0.25, 0.3) is 11.8 Å². The Hall–Kier alpha value is -3.87. The summed E-state index contributed by atoms with van der Waals surface area (Å²) in [6.45, 7) is 0.334. The summed E-state index contributed by atoms with van der Waals surface area (Å²) in [6.07, 6.45) is 1.52. The molecule has 1 heterocycles. The molecule has 1 aromatic heterocycles. The van der Waals surface area contributed by atoms with Crippen LogP contribution in [-0.2, 0) is 17.9 Å². The monoisotopic (exact) mass is 406 g/mol. The van der Waals surface area contributed by atoms with E-state index in [2.05, 4.69) is 5.32 Å². The maximum Gasteiger partial charge on any atom is 0.295 e. The summed E-state index contributed by atoms with van der Waals surface area (Å²) in [7, 11) is 3.09. The molecule has 30 heavy (non-hydrogen) atoms. The van der Waals surface area contributed by atoms with E-state index in [4.69, 9.17) is 9.15 Å². The van der Waals surface area contributed by atoms with Crippen LogP contribution in [0.2, 0.25) is 0 Å². The number of amides is 2. The first kappa shape index (κ1) is 20.9. The Balaban J connectivity index is 1.81. The predicted molar refractivity (Wildman–Crippen MR) is 110 cm³/mol. The maximum absolute atomic E-state index is 13.0. The minimum absolute atomic E-state index is 0.144. The van der Waals surface area contributed by atoms with Gasteiger partial charge in [-0.3, -0.25) is 14.4 Å². The van der Waals surface area contributed by atoms with Crippen LogP contribution >= 0.6 is 0 Å². The minimum Gasteiger partial charge on any atom is -0.497 e. The molecule has 0 saturated carbocycles. The molecule has 0 aliphatic carbocycles. The molecular formula is C23H22N2O5. The second-order valence-electron chi connectivity index (χ2n) is 6.57. The molecule has 0 aliphatic heterocycles. The van der Waals surface area contributed by atoms with Crippen molar-refractivity contribution in [2.45, 2.75) is 13.1 Å². The second kappa shape index (κ2) is 9.56. The number of Topliss-reactive ketones (excluding diaryl/α,β-unsaturated/α-hetero) is 1. The number of carbonyl (C=O) groups is 3. The molecule has 3 aromatic rings. The van der Waals surface area contributed by atoms with Gasteiger partial charge in [0.05, 0.1) is 19.9 Å². The lowest BCUT2D eigenvalue weighted by Gasteiger charge is -2.21. The van der Waals surface area contributed by atoms with Crippen LogP contribution < -0.4 is 10.1 Å². The van der Waals surface area contributed by atoms with Crippen molar-refractivity contribution in [2.24, 2.45) is 0 Å².